The highest BCUT2D eigenvalue weighted by Crippen LogP contribution is 2.28. The number of hydrogen-bond acceptors (Lipinski definition) is 3. The summed E-state index contributed by atoms with van der Waals surface area (Å²) in [5, 5.41) is 0. The van der Waals surface area contributed by atoms with Crippen LogP contribution in [0.5, 0.6) is 0 Å². The third-order valence-electron chi connectivity index (χ3n) is 4.00. The first-order chi connectivity index (χ1) is 9.10. The Hall–Kier alpha value is -1.06. The molecule has 0 bridgehead atoms. The van der Waals surface area contributed by atoms with Crippen LogP contribution in [0.4, 0.5) is 0 Å². The van der Waals surface area contributed by atoms with Gasteiger partial charge in [-0.1, -0.05) is 13.3 Å². The van der Waals surface area contributed by atoms with E-state index in [4.69, 9.17) is 4.74 Å². The lowest BCUT2D eigenvalue weighted by atomic mass is 9.85. The summed E-state index contributed by atoms with van der Waals surface area (Å²) in [6.45, 7) is 4.38. The van der Waals surface area contributed by atoms with Gasteiger partial charge in [0.2, 0.25) is 5.91 Å². The third-order valence-corrected chi connectivity index (χ3v) is 4.00. The first-order valence-corrected chi connectivity index (χ1v) is 7.52. The number of carbonyl (C=O) groups excluding carboxylic acids is 2. The van der Waals surface area contributed by atoms with Gasteiger partial charge in [0.25, 0.3) is 0 Å². The van der Waals surface area contributed by atoms with Gasteiger partial charge in [0.05, 0.1) is 12.5 Å². The van der Waals surface area contributed by atoms with E-state index >= 15 is 0 Å². The van der Waals surface area contributed by atoms with Gasteiger partial charge in [0.15, 0.2) is 0 Å². The van der Waals surface area contributed by atoms with Crippen LogP contribution in [0.3, 0.4) is 0 Å². The Bertz CT molecular complexity index is 296. The summed E-state index contributed by atoms with van der Waals surface area (Å²) in [5.41, 5.74) is 0. The minimum atomic E-state index is -0.0686. The van der Waals surface area contributed by atoms with Gasteiger partial charge in [-0.15, -0.1) is 0 Å². The molecule has 1 aliphatic carbocycles. The van der Waals surface area contributed by atoms with Crippen LogP contribution in [0.2, 0.25) is 0 Å². The Labute approximate surface area is 116 Å². The van der Waals surface area contributed by atoms with Gasteiger partial charge < -0.3 is 9.64 Å². The molecule has 1 rings (SSSR count). The van der Waals surface area contributed by atoms with E-state index in [0.29, 0.717) is 19.1 Å². The van der Waals surface area contributed by atoms with Gasteiger partial charge in [-0.2, -0.15) is 0 Å². The van der Waals surface area contributed by atoms with Crippen molar-refractivity contribution in [2.45, 2.75) is 64.8 Å². The van der Waals surface area contributed by atoms with Crippen LogP contribution in [0, 0.1) is 5.92 Å². The summed E-state index contributed by atoms with van der Waals surface area (Å²) in [6, 6.07) is 0.301. The molecule has 0 atom stereocenters. The molecule has 0 aliphatic heterocycles. The third kappa shape index (κ3) is 4.84. The Balaban J connectivity index is 2.36. The van der Waals surface area contributed by atoms with Crippen molar-refractivity contribution < 1.29 is 14.3 Å². The highest BCUT2D eigenvalue weighted by atomic mass is 16.5. The van der Waals surface area contributed by atoms with E-state index in [9.17, 15) is 9.59 Å². The Kier molecular flexibility index (Phi) is 6.89. The van der Waals surface area contributed by atoms with Crippen molar-refractivity contribution in [1.82, 2.24) is 4.90 Å². The van der Waals surface area contributed by atoms with Crippen LogP contribution in [-0.2, 0) is 14.3 Å². The van der Waals surface area contributed by atoms with E-state index < -0.39 is 0 Å². The van der Waals surface area contributed by atoms with Crippen LogP contribution in [0.25, 0.3) is 0 Å². The second-order valence-electron chi connectivity index (χ2n) is 5.37. The normalized spacial score (nSPS) is 22.9. The maximum Gasteiger partial charge on any atom is 0.308 e. The molecular formula is C15H27NO3. The molecule has 110 valence electrons. The Morgan fingerprint density at radius 3 is 2.32 bits per heavy atom. The summed E-state index contributed by atoms with van der Waals surface area (Å²) in [7, 11) is 1.90. The van der Waals surface area contributed by atoms with E-state index in [2.05, 4.69) is 6.92 Å². The quantitative estimate of drug-likeness (QED) is 0.697. The first kappa shape index (κ1) is 16.0. The van der Waals surface area contributed by atoms with Crippen LogP contribution < -0.4 is 0 Å². The van der Waals surface area contributed by atoms with E-state index in [0.717, 1.165) is 38.5 Å². The maximum absolute atomic E-state index is 12.0. The van der Waals surface area contributed by atoms with Crippen LogP contribution in [0.1, 0.15) is 58.8 Å². The van der Waals surface area contributed by atoms with Crippen LogP contribution in [0.15, 0.2) is 0 Å². The molecule has 0 N–H and O–H groups in total. The zero-order valence-corrected chi connectivity index (χ0v) is 12.5. The molecule has 0 spiro atoms. The van der Waals surface area contributed by atoms with Crippen molar-refractivity contribution in [2.24, 2.45) is 5.92 Å². The largest absolute Gasteiger partial charge is 0.466 e. The first-order valence-electron chi connectivity index (χ1n) is 7.52. The van der Waals surface area contributed by atoms with E-state index in [1.807, 2.05) is 18.9 Å². The fourth-order valence-electron chi connectivity index (χ4n) is 2.67. The molecule has 0 heterocycles. The van der Waals surface area contributed by atoms with E-state index in [1.165, 1.54) is 0 Å². The molecule has 19 heavy (non-hydrogen) atoms. The van der Waals surface area contributed by atoms with Gasteiger partial charge in [-0.3, -0.25) is 9.59 Å². The molecule has 1 fully saturated rings. The second kappa shape index (κ2) is 8.18. The molecule has 1 aliphatic rings. The minimum Gasteiger partial charge on any atom is -0.466 e. The average Bonchev–Trinajstić information content (AvgIpc) is 2.44. The van der Waals surface area contributed by atoms with E-state index in [1.54, 1.807) is 0 Å². The molecule has 4 nitrogen and oxygen atoms in total. The highest BCUT2D eigenvalue weighted by Gasteiger charge is 2.30. The van der Waals surface area contributed by atoms with Gasteiger partial charge in [0.1, 0.15) is 0 Å². The van der Waals surface area contributed by atoms with Crippen molar-refractivity contribution >= 4 is 11.9 Å². The van der Waals surface area contributed by atoms with Crippen molar-refractivity contribution in [3.8, 4) is 0 Å². The number of carbonyl (C=O) groups is 2. The number of ether oxygens (including phenoxy) is 1. The standard InChI is InChI=1S/C15H27NO3/c1-4-6-7-14(17)16(3)13-10-8-12(9-11-13)15(18)19-5-2/h12-13H,4-11H2,1-3H3. The fourth-order valence-corrected chi connectivity index (χ4v) is 2.67. The molecule has 0 aromatic heterocycles. The minimum absolute atomic E-state index is 0.0374. The average molecular weight is 269 g/mol. The number of amides is 1. The number of rotatable bonds is 6. The molecule has 1 saturated carbocycles. The molecule has 0 aromatic rings. The Morgan fingerprint density at radius 1 is 1.16 bits per heavy atom. The number of unbranched alkanes of at least 4 members (excludes halogenated alkanes) is 1. The number of nitrogens with zero attached hydrogens (tertiary/aromatic N) is 1. The van der Waals surface area contributed by atoms with E-state index in [-0.39, 0.29) is 17.8 Å². The predicted molar refractivity (Wildman–Crippen MR) is 74.7 cm³/mol. The summed E-state index contributed by atoms with van der Waals surface area (Å²) >= 11 is 0. The topological polar surface area (TPSA) is 46.6 Å². The smallest absolute Gasteiger partial charge is 0.308 e. The second-order valence-corrected chi connectivity index (χ2v) is 5.37. The lowest BCUT2D eigenvalue weighted by molar-refractivity contribution is -0.149. The highest BCUT2D eigenvalue weighted by molar-refractivity contribution is 5.76. The lowest BCUT2D eigenvalue weighted by Gasteiger charge is -2.34. The zero-order valence-electron chi connectivity index (χ0n) is 12.5. The molecule has 0 radical (unpaired) electrons. The molecule has 1 amide bonds. The lowest BCUT2D eigenvalue weighted by Crippen LogP contribution is -2.40. The van der Waals surface area contributed by atoms with Crippen LogP contribution in [-0.4, -0.2) is 36.5 Å². The predicted octanol–water partition coefficient (Wildman–Crippen LogP) is 2.76. The number of hydrogen-bond donors (Lipinski definition) is 0. The monoisotopic (exact) mass is 269 g/mol. The van der Waals surface area contributed by atoms with Gasteiger partial charge in [0, 0.05) is 19.5 Å². The SMILES string of the molecule is CCCCC(=O)N(C)C1CCC(C(=O)OCC)CC1. The zero-order chi connectivity index (χ0) is 14.3. The summed E-state index contributed by atoms with van der Waals surface area (Å²) in [5.74, 6) is 0.206. The molecule has 0 unspecified atom stereocenters. The molecule has 0 aromatic carbocycles. The summed E-state index contributed by atoms with van der Waals surface area (Å²) in [4.78, 5) is 25.5. The summed E-state index contributed by atoms with van der Waals surface area (Å²) in [6.07, 6.45) is 6.17. The number of esters is 1. The van der Waals surface area contributed by atoms with Gasteiger partial charge in [-0.05, 0) is 39.0 Å². The van der Waals surface area contributed by atoms with Gasteiger partial charge in [-0.25, -0.2) is 0 Å². The maximum atomic E-state index is 12.0. The summed E-state index contributed by atoms with van der Waals surface area (Å²) < 4.78 is 5.06. The molecule has 0 saturated heterocycles. The fraction of sp³-hybridized carbons (Fsp3) is 0.867. The van der Waals surface area contributed by atoms with Crippen molar-refractivity contribution in [3.05, 3.63) is 0 Å². The molecule has 4 heteroatoms. The Morgan fingerprint density at radius 2 is 1.79 bits per heavy atom. The van der Waals surface area contributed by atoms with Crippen molar-refractivity contribution in [1.29, 1.82) is 0 Å². The van der Waals surface area contributed by atoms with Crippen LogP contribution >= 0.6 is 0 Å². The molecular weight excluding hydrogens is 242 g/mol. The van der Waals surface area contributed by atoms with Crippen molar-refractivity contribution in [3.63, 3.8) is 0 Å². The van der Waals surface area contributed by atoms with Gasteiger partial charge >= 0.3 is 5.97 Å². The van der Waals surface area contributed by atoms with Crippen molar-refractivity contribution in [2.75, 3.05) is 13.7 Å².